The first-order valence-corrected chi connectivity index (χ1v) is 12.1. The molecule has 0 spiro atoms. The fraction of sp³-hybridized carbons (Fsp3) is 0.400. The number of rotatable bonds is 9. The molecule has 0 saturated carbocycles. The highest BCUT2D eigenvalue weighted by Crippen LogP contribution is 2.32. The van der Waals surface area contributed by atoms with Gasteiger partial charge in [-0.25, -0.2) is 19.2 Å². The van der Waals surface area contributed by atoms with Gasteiger partial charge in [0.05, 0.1) is 0 Å². The second kappa shape index (κ2) is 12.2. The zero-order valence-corrected chi connectivity index (χ0v) is 21.7. The third-order valence-electron chi connectivity index (χ3n) is 6.15. The quantitative estimate of drug-likeness (QED) is 0.474. The summed E-state index contributed by atoms with van der Waals surface area (Å²) in [5.41, 5.74) is 6.61. The largest absolute Gasteiger partial charge is 0.482 e. The van der Waals surface area contributed by atoms with Gasteiger partial charge in [0, 0.05) is 43.8 Å². The van der Waals surface area contributed by atoms with Crippen LogP contribution in [0.3, 0.4) is 0 Å². The predicted octanol–water partition coefficient (Wildman–Crippen LogP) is 2.80. The summed E-state index contributed by atoms with van der Waals surface area (Å²) in [4.78, 5) is 40.4. The molecule has 0 aromatic heterocycles. The number of hydrogen-bond donors (Lipinski definition) is 2. The summed E-state index contributed by atoms with van der Waals surface area (Å²) < 4.78 is 19.0. The third-order valence-corrected chi connectivity index (χ3v) is 6.38. The summed E-state index contributed by atoms with van der Waals surface area (Å²) in [6.07, 6.45) is 0. The average molecular weight is 536 g/mol. The molecule has 2 atom stereocenters. The number of likely N-dealkylation sites (N-methyl/N-ethyl adjacent to an activating group) is 1. The molecule has 0 radical (unpaired) electrons. The molecule has 1 fully saturated rings. The van der Waals surface area contributed by atoms with Crippen LogP contribution in [-0.2, 0) is 16.1 Å². The Bertz CT molecular complexity index is 1130. The number of amides is 3. The number of carbonyl (C=O) groups excluding carboxylic acids is 2. The maximum absolute atomic E-state index is 13.2. The normalized spacial score (nSPS) is 18.1. The highest BCUT2D eigenvalue weighted by molar-refractivity contribution is 6.31. The molecule has 1 saturated heterocycles. The minimum absolute atomic E-state index is 0.0614. The average Bonchev–Trinajstić information content (AvgIpc) is 2.81. The fourth-order valence-corrected chi connectivity index (χ4v) is 4.49. The molecule has 0 bridgehead atoms. The van der Waals surface area contributed by atoms with Crippen LogP contribution in [0, 0.1) is 5.82 Å². The number of carbonyl (C=O) groups is 3. The van der Waals surface area contributed by atoms with Crippen LogP contribution >= 0.6 is 11.6 Å². The van der Waals surface area contributed by atoms with E-state index in [9.17, 15) is 18.8 Å². The van der Waals surface area contributed by atoms with Crippen molar-refractivity contribution in [2.45, 2.75) is 32.5 Å². The van der Waals surface area contributed by atoms with Gasteiger partial charge in [0.15, 0.2) is 6.61 Å². The van der Waals surface area contributed by atoms with Gasteiger partial charge in [-0.3, -0.25) is 14.5 Å². The Labute approximate surface area is 219 Å². The Morgan fingerprint density at radius 1 is 1.14 bits per heavy atom. The molecule has 1 aliphatic heterocycles. The van der Waals surface area contributed by atoms with E-state index in [1.165, 1.54) is 37.4 Å². The highest BCUT2D eigenvalue weighted by Gasteiger charge is 2.32. The number of anilines is 1. The molecule has 3 N–H and O–H groups in total. The van der Waals surface area contributed by atoms with Crippen LogP contribution in [0.2, 0.25) is 5.02 Å². The number of ether oxygens (including phenoxy) is 1. The third kappa shape index (κ3) is 7.31. The SMILES string of the molecule is C[C@@H]1CN(Cc2ccc(F)cc2)[C@@H](C)CN1C(=O)COc1ccc(Cl)cc1N(C(N)=O)N(C)CC(=O)O. The van der Waals surface area contributed by atoms with Gasteiger partial charge >= 0.3 is 12.0 Å². The number of halogens is 2. The maximum Gasteiger partial charge on any atom is 0.334 e. The summed E-state index contributed by atoms with van der Waals surface area (Å²) in [6, 6.07) is 9.82. The smallest absolute Gasteiger partial charge is 0.334 e. The zero-order valence-electron chi connectivity index (χ0n) is 20.9. The van der Waals surface area contributed by atoms with E-state index in [2.05, 4.69) is 4.90 Å². The minimum Gasteiger partial charge on any atom is -0.482 e. The zero-order chi connectivity index (χ0) is 27.3. The van der Waals surface area contributed by atoms with Crippen LogP contribution in [0.15, 0.2) is 42.5 Å². The Morgan fingerprint density at radius 3 is 2.43 bits per heavy atom. The predicted molar refractivity (Wildman–Crippen MR) is 137 cm³/mol. The van der Waals surface area contributed by atoms with Gasteiger partial charge in [-0.05, 0) is 49.7 Å². The number of primary amides is 1. The molecule has 10 nitrogen and oxygen atoms in total. The molecular formula is C25H31ClFN5O5. The molecule has 1 heterocycles. The first-order chi connectivity index (χ1) is 17.5. The molecule has 0 aliphatic carbocycles. The number of urea groups is 1. The highest BCUT2D eigenvalue weighted by atomic mass is 35.5. The van der Waals surface area contributed by atoms with E-state index in [0.29, 0.717) is 19.6 Å². The van der Waals surface area contributed by atoms with Crippen molar-refractivity contribution < 1.29 is 28.6 Å². The first kappa shape index (κ1) is 28.2. The summed E-state index contributed by atoms with van der Waals surface area (Å²) in [6.45, 7) is 4.91. The number of carboxylic acids is 1. The maximum atomic E-state index is 13.2. The van der Waals surface area contributed by atoms with Crippen LogP contribution in [0.1, 0.15) is 19.4 Å². The summed E-state index contributed by atoms with van der Waals surface area (Å²) in [7, 11) is 1.38. The van der Waals surface area contributed by atoms with Gasteiger partial charge in [0.25, 0.3) is 5.91 Å². The van der Waals surface area contributed by atoms with E-state index < -0.39 is 18.5 Å². The molecule has 37 heavy (non-hydrogen) atoms. The molecule has 200 valence electrons. The van der Waals surface area contributed by atoms with Crippen molar-refractivity contribution in [3.8, 4) is 5.75 Å². The van der Waals surface area contributed by atoms with E-state index >= 15 is 0 Å². The molecule has 3 rings (SSSR count). The standard InChI is InChI=1S/C25H31ClFN5O5/c1-16-12-31(17(2)11-30(16)13-18-4-7-20(27)8-5-18)23(33)15-37-22-9-6-19(26)10-21(22)32(25(28)36)29(3)14-24(34)35/h4-10,16-17H,11-15H2,1-3H3,(H2,28,36)(H,34,35)/t16-,17+/m0/s1. The first-order valence-electron chi connectivity index (χ1n) is 11.7. The van der Waals surface area contributed by atoms with Gasteiger partial charge in [-0.15, -0.1) is 0 Å². The summed E-state index contributed by atoms with van der Waals surface area (Å²) in [5, 5.41) is 11.4. The number of piperazine rings is 1. The van der Waals surface area contributed by atoms with E-state index in [0.717, 1.165) is 15.6 Å². The van der Waals surface area contributed by atoms with Crippen molar-refractivity contribution in [1.29, 1.82) is 0 Å². The van der Waals surface area contributed by atoms with Crippen LogP contribution in [0.4, 0.5) is 14.9 Å². The van der Waals surface area contributed by atoms with Crippen molar-refractivity contribution >= 4 is 35.2 Å². The van der Waals surface area contributed by atoms with E-state index in [1.54, 1.807) is 17.0 Å². The topological polar surface area (TPSA) is 120 Å². The van der Waals surface area contributed by atoms with Crippen molar-refractivity contribution in [2.24, 2.45) is 5.73 Å². The molecule has 0 unspecified atom stereocenters. The van der Waals surface area contributed by atoms with Crippen LogP contribution < -0.4 is 15.5 Å². The monoisotopic (exact) mass is 535 g/mol. The molecular weight excluding hydrogens is 505 g/mol. The molecule has 2 aromatic carbocycles. The lowest BCUT2D eigenvalue weighted by Gasteiger charge is -2.44. The minimum atomic E-state index is -1.17. The number of hydrazine groups is 1. The van der Waals surface area contributed by atoms with Gasteiger partial charge in [0.1, 0.15) is 23.8 Å². The van der Waals surface area contributed by atoms with Crippen molar-refractivity contribution in [2.75, 3.05) is 38.3 Å². The van der Waals surface area contributed by atoms with Gasteiger partial charge < -0.3 is 20.5 Å². The number of aliphatic carboxylic acids is 1. The van der Waals surface area contributed by atoms with Crippen LogP contribution in [-0.4, -0.2) is 83.2 Å². The number of nitrogens with zero attached hydrogens (tertiary/aromatic N) is 4. The lowest BCUT2D eigenvalue weighted by molar-refractivity contribution is -0.139. The molecule has 1 aliphatic rings. The van der Waals surface area contributed by atoms with E-state index in [1.807, 2.05) is 13.8 Å². The van der Waals surface area contributed by atoms with Crippen molar-refractivity contribution in [3.05, 3.63) is 58.9 Å². The lowest BCUT2D eigenvalue weighted by Crippen LogP contribution is -2.58. The second-order valence-electron chi connectivity index (χ2n) is 9.06. The number of hydrogen-bond acceptors (Lipinski definition) is 6. The fourth-order valence-electron chi connectivity index (χ4n) is 4.33. The van der Waals surface area contributed by atoms with Gasteiger partial charge in [-0.2, -0.15) is 0 Å². The molecule has 2 aromatic rings. The molecule has 12 heteroatoms. The van der Waals surface area contributed by atoms with Crippen LogP contribution in [0.25, 0.3) is 0 Å². The van der Waals surface area contributed by atoms with Crippen molar-refractivity contribution in [1.82, 2.24) is 14.8 Å². The van der Waals surface area contributed by atoms with E-state index in [4.69, 9.17) is 27.2 Å². The summed E-state index contributed by atoms with van der Waals surface area (Å²) in [5.74, 6) is -1.55. The van der Waals surface area contributed by atoms with Gasteiger partial charge in [-0.1, -0.05) is 23.7 Å². The number of nitrogens with two attached hydrogens (primary N) is 1. The Kier molecular flexibility index (Phi) is 9.30. The second-order valence-corrected chi connectivity index (χ2v) is 9.50. The molecule has 3 amide bonds. The Balaban J connectivity index is 1.68. The lowest BCUT2D eigenvalue weighted by atomic mass is 10.1. The summed E-state index contributed by atoms with van der Waals surface area (Å²) >= 11 is 6.11. The van der Waals surface area contributed by atoms with Gasteiger partial charge in [0.2, 0.25) is 0 Å². The van der Waals surface area contributed by atoms with Crippen molar-refractivity contribution in [3.63, 3.8) is 0 Å². The van der Waals surface area contributed by atoms with E-state index in [-0.39, 0.29) is 46.9 Å². The Hall–Kier alpha value is -3.41. The number of benzene rings is 2. The number of carboxylic acid groups (broad SMARTS) is 1. The Morgan fingerprint density at radius 2 is 1.81 bits per heavy atom. The van der Waals surface area contributed by atoms with Crippen LogP contribution in [0.5, 0.6) is 5.75 Å².